The lowest BCUT2D eigenvalue weighted by Crippen LogP contribution is -2.28. The Labute approximate surface area is 176 Å². The number of alkyl halides is 3. The Hall–Kier alpha value is -2.31. The monoisotopic (exact) mass is 463 g/mol. The van der Waals surface area contributed by atoms with Gasteiger partial charge in [-0.3, -0.25) is 13.8 Å². The van der Waals surface area contributed by atoms with Crippen LogP contribution < -0.4 is 0 Å². The Morgan fingerprint density at radius 3 is 2.55 bits per heavy atom. The summed E-state index contributed by atoms with van der Waals surface area (Å²) in [5, 5.41) is 10.4. The van der Waals surface area contributed by atoms with Gasteiger partial charge in [-0.05, 0) is 31.4 Å². The van der Waals surface area contributed by atoms with Crippen LogP contribution in [0.3, 0.4) is 0 Å². The van der Waals surface area contributed by atoms with Gasteiger partial charge in [-0.2, -0.15) is 21.6 Å². The van der Waals surface area contributed by atoms with Crippen LogP contribution in [0.25, 0.3) is 0 Å². The van der Waals surface area contributed by atoms with Gasteiger partial charge in [0.2, 0.25) is 5.78 Å². The van der Waals surface area contributed by atoms with Crippen molar-refractivity contribution in [3.05, 3.63) is 40.4 Å². The minimum absolute atomic E-state index is 0.296. The number of hydrogen-bond donors (Lipinski definition) is 1. The molecular weight excluding hydrogens is 443 g/mol. The zero-order valence-corrected chi connectivity index (χ0v) is 17.3. The van der Waals surface area contributed by atoms with Crippen molar-refractivity contribution < 1.29 is 45.2 Å². The van der Waals surface area contributed by atoms with Crippen LogP contribution in [0.1, 0.15) is 41.0 Å². The summed E-state index contributed by atoms with van der Waals surface area (Å²) in [6, 6.07) is 1.51. The second-order valence-corrected chi connectivity index (χ2v) is 9.07. The van der Waals surface area contributed by atoms with E-state index in [4.69, 9.17) is 4.74 Å². The molecule has 3 rings (SSSR count). The van der Waals surface area contributed by atoms with Gasteiger partial charge in [-0.25, -0.2) is 4.98 Å². The van der Waals surface area contributed by atoms with Crippen molar-refractivity contribution >= 4 is 21.7 Å². The summed E-state index contributed by atoms with van der Waals surface area (Å²) in [7, 11) is -3.72. The molecule has 0 aliphatic heterocycles. The predicted molar refractivity (Wildman–Crippen MR) is 99.5 cm³/mol. The molecule has 8 nitrogen and oxygen atoms in total. The highest BCUT2D eigenvalue weighted by Crippen LogP contribution is 2.43. The summed E-state index contributed by atoms with van der Waals surface area (Å²) in [4.78, 5) is 29.1. The minimum Gasteiger partial charge on any atom is -0.511 e. The molecule has 1 saturated carbocycles. The molecule has 2 aliphatic carbocycles. The molecule has 0 amide bonds. The first-order chi connectivity index (χ1) is 14.4. The number of halogens is 3. The molecule has 2 aliphatic rings. The van der Waals surface area contributed by atoms with E-state index >= 15 is 0 Å². The molecule has 2 unspecified atom stereocenters. The molecule has 31 heavy (non-hydrogen) atoms. The van der Waals surface area contributed by atoms with E-state index in [2.05, 4.69) is 9.17 Å². The molecule has 12 heteroatoms. The summed E-state index contributed by atoms with van der Waals surface area (Å²) in [5.41, 5.74) is -2.36. The molecule has 1 N–H and O–H groups in total. The van der Waals surface area contributed by atoms with E-state index in [9.17, 15) is 36.3 Å². The van der Waals surface area contributed by atoms with Crippen molar-refractivity contribution in [1.82, 2.24) is 4.98 Å². The van der Waals surface area contributed by atoms with E-state index in [1.54, 1.807) is 0 Å². The fourth-order valence-corrected chi connectivity index (χ4v) is 4.13. The second-order valence-electron chi connectivity index (χ2n) is 7.43. The normalized spacial score (nSPS) is 21.6. The van der Waals surface area contributed by atoms with E-state index in [-0.39, 0.29) is 36.1 Å². The van der Waals surface area contributed by atoms with Gasteiger partial charge < -0.3 is 9.84 Å². The highest BCUT2D eigenvalue weighted by Gasteiger charge is 2.44. The number of aliphatic hydroxyl groups is 1. The first kappa shape index (κ1) is 23.4. The first-order valence-corrected chi connectivity index (χ1v) is 11.2. The SMILES string of the molecule is CS(=O)(=O)OCCOCc1nc(C(F)(F)F)ccc1C(=O)C1=C(O)C2CCC(C2)C1=O. The van der Waals surface area contributed by atoms with E-state index in [0.29, 0.717) is 25.3 Å². The number of carbonyl (C=O) groups excluding carboxylic acids is 2. The van der Waals surface area contributed by atoms with Gasteiger partial charge >= 0.3 is 6.18 Å². The summed E-state index contributed by atoms with van der Waals surface area (Å²) in [5.74, 6) is -2.49. The van der Waals surface area contributed by atoms with Crippen LogP contribution in [0, 0.1) is 11.8 Å². The maximum absolute atomic E-state index is 13.1. The summed E-state index contributed by atoms with van der Waals surface area (Å²) < 4.78 is 70.7. The molecule has 0 radical (unpaired) electrons. The predicted octanol–water partition coefficient (Wildman–Crippen LogP) is 2.59. The van der Waals surface area contributed by atoms with Crippen molar-refractivity contribution in [2.24, 2.45) is 11.8 Å². The number of ketones is 2. The Morgan fingerprint density at radius 1 is 1.23 bits per heavy atom. The molecule has 1 aromatic rings. The number of allylic oxidation sites excluding steroid dienone is 2. The number of fused-ring (bicyclic) bond motifs is 2. The van der Waals surface area contributed by atoms with E-state index < -0.39 is 51.7 Å². The fourth-order valence-electron chi connectivity index (χ4n) is 3.75. The summed E-state index contributed by atoms with van der Waals surface area (Å²) in [6.45, 7) is -1.24. The fraction of sp³-hybridized carbons (Fsp3) is 0.526. The van der Waals surface area contributed by atoms with Crippen LogP contribution in [-0.4, -0.2) is 49.5 Å². The topological polar surface area (TPSA) is 120 Å². The average molecular weight is 463 g/mol. The molecule has 0 spiro atoms. The Bertz CT molecular complexity index is 1030. The Morgan fingerprint density at radius 2 is 1.90 bits per heavy atom. The van der Waals surface area contributed by atoms with Gasteiger partial charge in [0, 0.05) is 17.4 Å². The molecule has 1 heterocycles. The Balaban J connectivity index is 1.87. The molecular formula is C19H20F3NO7S. The maximum atomic E-state index is 13.1. The smallest absolute Gasteiger partial charge is 0.433 e. The lowest BCUT2D eigenvalue weighted by atomic mass is 9.83. The van der Waals surface area contributed by atoms with E-state index in [1.165, 1.54) is 0 Å². The van der Waals surface area contributed by atoms with Gasteiger partial charge in [0.1, 0.15) is 17.0 Å². The van der Waals surface area contributed by atoms with Gasteiger partial charge in [0.15, 0.2) is 5.78 Å². The number of pyridine rings is 1. The van der Waals surface area contributed by atoms with Crippen molar-refractivity contribution in [3.8, 4) is 0 Å². The number of aliphatic hydroxyl groups excluding tert-OH is 1. The number of aromatic nitrogens is 1. The second kappa shape index (κ2) is 8.67. The van der Waals surface area contributed by atoms with Gasteiger partial charge in [0.05, 0.1) is 31.8 Å². The number of nitrogens with zero attached hydrogens (tertiary/aromatic N) is 1. The Kier molecular flexibility index (Phi) is 6.53. The summed E-state index contributed by atoms with van der Waals surface area (Å²) in [6.07, 6.45) is -2.42. The quantitative estimate of drug-likeness (QED) is 0.270. The zero-order chi connectivity index (χ0) is 23.0. The maximum Gasteiger partial charge on any atom is 0.433 e. The van der Waals surface area contributed by atoms with Crippen LogP contribution in [0.2, 0.25) is 0 Å². The van der Waals surface area contributed by atoms with Crippen LogP contribution in [0.4, 0.5) is 13.2 Å². The van der Waals surface area contributed by atoms with Gasteiger partial charge in [0.25, 0.3) is 10.1 Å². The number of rotatable bonds is 8. The molecule has 1 fully saturated rings. The van der Waals surface area contributed by atoms with Crippen molar-refractivity contribution in [3.63, 3.8) is 0 Å². The van der Waals surface area contributed by atoms with E-state index in [0.717, 1.165) is 12.3 Å². The van der Waals surface area contributed by atoms with Gasteiger partial charge in [-0.1, -0.05) is 0 Å². The molecule has 0 aromatic carbocycles. The molecule has 2 atom stereocenters. The van der Waals surface area contributed by atoms with Crippen molar-refractivity contribution in [2.45, 2.75) is 32.0 Å². The highest BCUT2D eigenvalue weighted by molar-refractivity contribution is 7.85. The summed E-state index contributed by atoms with van der Waals surface area (Å²) >= 11 is 0. The third kappa shape index (κ3) is 5.31. The number of ether oxygens (including phenoxy) is 1. The third-order valence-electron chi connectivity index (χ3n) is 5.19. The van der Waals surface area contributed by atoms with Crippen LogP contribution in [-0.2, 0) is 36.6 Å². The van der Waals surface area contributed by atoms with Crippen LogP contribution in [0.5, 0.6) is 0 Å². The standard InChI is InChI=1S/C19H20F3NO7S/c1-31(27,28)30-7-6-29-9-13-12(4-5-14(23-13)19(20,21)22)18(26)15-16(24)10-2-3-11(8-10)17(15)25/h4-5,10-11,24H,2-3,6-9H2,1H3. The third-order valence-corrected chi connectivity index (χ3v) is 5.79. The minimum atomic E-state index is -4.78. The number of carbonyl (C=O) groups is 2. The van der Waals surface area contributed by atoms with Crippen molar-refractivity contribution in [2.75, 3.05) is 19.5 Å². The molecule has 1 aromatic heterocycles. The highest BCUT2D eigenvalue weighted by atomic mass is 32.2. The first-order valence-electron chi connectivity index (χ1n) is 9.39. The number of hydrogen-bond acceptors (Lipinski definition) is 8. The average Bonchev–Trinajstić information content (AvgIpc) is 3.12. The molecule has 170 valence electrons. The largest absolute Gasteiger partial charge is 0.511 e. The molecule has 2 bridgehead atoms. The van der Waals surface area contributed by atoms with Gasteiger partial charge in [-0.15, -0.1) is 0 Å². The van der Waals surface area contributed by atoms with Crippen LogP contribution >= 0.6 is 0 Å². The van der Waals surface area contributed by atoms with Crippen molar-refractivity contribution in [1.29, 1.82) is 0 Å². The lowest BCUT2D eigenvalue weighted by Gasteiger charge is -2.21. The number of Topliss-reactive ketones (excluding diaryl/α,β-unsaturated/α-hetero) is 2. The van der Waals surface area contributed by atoms with E-state index in [1.807, 2.05) is 0 Å². The lowest BCUT2D eigenvalue weighted by molar-refractivity contribution is -0.141. The zero-order valence-electron chi connectivity index (χ0n) is 16.4. The molecule has 0 saturated heterocycles. The van der Waals surface area contributed by atoms with Crippen LogP contribution in [0.15, 0.2) is 23.5 Å².